The van der Waals surface area contributed by atoms with E-state index in [1.807, 2.05) is 18.2 Å². The molecule has 5 heteroatoms. The number of aromatic nitrogens is 1. The molecule has 1 aromatic heterocycles. The van der Waals surface area contributed by atoms with Gasteiger partial charge in [0.2, 0.25) is 0 Å². The van der Waals surface area contributed by atoms with Crippen LogP contribution in [0.3, 0.4) is 0 Å². The Balaban J connectivity index is 2.16. The summed E-state index contributed by atoms with van der Waals surface area (Å²) in [5.41, 5.74) is 1.52. The summed E-state index contributed by atoms with van der Waals surface area (Å²) in [5.74, 6) is -0.386. The zero-order chi connectivity index (χ0) is 13.7. The largest absolute Gasteiger partial charge is 0.465 e. The summed E-state index contributed by atoms with van der Waals surface area (Å²) < 4.78 is 4.61. The standard InChI is InChI=1S/C14H10N2O2S/c1-18-14(17)12-9-16-13(19-12)6-5-10-3-2-4-11(7-10)8-15/h2-7,9H,1H3/b6-5-. The Morgan fingerprint density at radius 2 is 2.32 bits per heavy atom. The molecule has 2 rings (SSSR count). The maximum atomic E-state index is 11.3. The molecule has 0 aliphatic carbocycles. The van der Waals surface area contributed by atoms with Gasteiger partial charge < -0.3 is 4.74 Å². The maximum Gasteiger partial charge on any atom is 0.349 e. The minimum atomic E-state index is -0.386. The summed E-state index contributed by atoms with van der Waals surface area (Å²) in [5, 5.41) is 9.51. The molecule has 0 unspecified atom stereocenters. The second kappa shape index (κ2) is 5.94. The zero-order valence-corrected chi connectivity index (χ0v) is 11.0. The molecular formula is C14H10N2O2S. The molecule has 0 atom stereocenters. The number of esters is 1. The molecule has 94 valence electrons. The van der Waals surface area contributed by atoms with Crippen molar-refractivity contribution in [2.75, 3.05) is 7.11 Å². The number of hydrogen-bond acceptors (Lipinski definition) is 5. The van der Waals surface area contributed by atoms with E-state index in [0.29, 0.717) is 15.4 Å². The van der Waals surface area contributed by atoms with E-state index in [-0.39, 0.29) is 5.97 Å². The van der Waals surface area contributed by atoms with Gasteiger partial charge in [-0.25, -0.2) is 9.78 Å². The topological polar surface area (TPSA) is 63.0 Å². The van der Waals surface area contributed by atoms with Gasteiger partial charge in [-0.3, -0.25) is 0 Å². The van der Waals surface area contributed by atoms with Crippen molar-refractivity contribution in [3.8, 4) is 6.07 Å². The van der Waals surface area contributed by atoms with Gasteiger partial charge in [0.1, 0.15) is 9.88 Å². The van der Waals surface area contributed by atoms with Crippen molar-refractivity contribution >= 4 is 29.5 Å². The lowest BCUT2D eigenvalue weighted by Gasteiger charge is -1.93. The fourth-order valence-corrected chi connectivity index (χ4v) is 2.18. The van der Waals surface area contributed by atoms with Crippen molar-refractivity contribution in [1.82, 2.24) is 4.98 Å². The lowest BCUT2D eigenvalue weighted by molar-refractivity contribution is 0.0606. The van der Waals surface area contributed by atoms with Crippen LogP contribution in [0.4, 0.5) is 0 Å². The van der Waals surface area contributed by atoms with Crippen LogP contribution >= 0.6 is 11.3 Å². The van der Waals surface area contributed by atoms with Gasteiger partial charge in [0.25, 0.3) is 0 Å². The van der Waals surface area contributed by atoms with Gasteiger partial charge in [-0.05, 0) is 23.8 Å². The van der Waals surface area contributed by atoms with Crippen LogP contribution in [0.5, 0.6) is 0 Å². The second-order valence-corrected chi connectivity index (χ2v) is 4.69. The molecule has 19 heavy (non-hydrogen) atoms. The highest BCUT2D eigenvalue weighted by molar-refractivity contribution is 7.14. The van der Waals surface area contributed by atoms with Gasteiger partial charge in [0.05, 0.1) is 24.9 Å². The lowest BCUT2D eigenvalue weighted by atomic mass is 10.1. The molecule has 1 aromatic carbocycles. The Morgan fingerprint density at radius 1 is 1.47 bits per heavy atom. The van der Waals surface area contributed by atoms with Crippen LogP contribution in [0.15, 0.2) is 30.5 Å². The van der Waals surface area contributed by atoms with E-state index in [1.54, 1.807) is 18.2 Å². The Bertz CT molecular complexity index is 668. The molecule has 0 amide bonds. The molecule has 0 fully saturated rings. The van der Waals surface area contributed by atoms with E-state index in [2.05, 4.69) is 15.8 Å². The highest BCUT2D eigenvalue weighted by Gasteiger charge is 2.08. The number of rotatable bonds is 3. The number of thiazole rings is 1. The minimum Gasteiger partial charge on any atom is -0.465 e. The molecule has 2 aromatic rings. The predicted octanol–water partition coefficient (Wildman–Crippen LogP) is 2.97. The summed E-state index contributed by atoms with van der Waals surface area (Å²) in [7, 11) is 1.34. The van der Waals surface area contributed by atoms with Crippen LogP contribution in [-0.2, 0) is 4.74 Å². The number of carbonyl (C=O) groups excluding carboxylic acids is 1. The SMILES string of the molecule is COC(=O)c1cnc(/C=C\c2cccc(C#N)c2)s1. The maximum absolute atomic E-state index is 11.3. The molecule has 0 bridgehead atoms. The minimum absolute atomic E-state index is 0.386. The number of methoxy groups -OCH3 is 1. The molecule has 0 aliphatic heterocycles. The normalized spacial score (nSPS) is 10.3. The highest BCUT2D eigenvalue weighted by Crippen LogP contribution is 2.17. The van der Waals surface area contributed by atoms with Crippen LogP contribution in [0.1, 0.15) is 25.8 Å². The third kappa shape index (κ3) is 3.27. The number of benzene rings is 1. The second-order valence-electron chi connectivity index (χ2n) is 3.62. The smallest absolute Gasteiger partial charge is 0.349 e. The van der Waals surface area contributed by atoms with Gasteiger partial charge in [-0.2, -0.15) is 5.26 Å². The monoisotopic (exact) mass is 270 g/mol. The number of nitriles is 1. The van der Waals surface area contributed by atoms with Crippen LogP contribution in [-0.4, -0.2) is 18.1 Å². The van der Waals surface area contributed by atoms with Crippen molar-refractivity contribution in [3.63, 3.8) is 0 Å². The van der Waals surface area contributed by atoms with E-state index in [1.165, 1.54) is 24.6 Å². The molecule has 0 spiro atoms. The Morgan fingerprint density at radius 3 is 3.05 bits per heavy atom. The third-order valence-electron chi connectivity index (χ3n) is 2.34. The average molecular weight is 270 g/mol. The van der Waals surface area contributed by atoms with Crippen LogP contribution in [0.2, 0.25) is 0 Å². The summed E-state index contributed by atoms with van der Waals surface area (Å²) in [4.78, 5) is 15.8. The molecule has 1 heterocycles. The van der Waals surface area contributed by atoms with Crippen molar-refractivity contribution in [2.45, 2.75) is 0 Å². The zero-order valence-electron chi connectivity index (χ0n) is 10.2. The first-order valence-corrected chi connectivity index (χ1v) is 6.27. The molecule has 0 N–H and O–H groups in total. The molecule has 4 nitrogen and oxygen atoms in total. The van der Waals surface area contributed by atoms with E-state index in [9.17, 15) is 4.79 Å². The predicted molar refractivity (Wildman–Crippen MR) is 73.5 cm³/mol. The van der Waals surface area contributed by atoms with Gasteiger partial charge in [0, 0.05) is 0 Å². The van der Waals surface area contributed by atoms with Crippen LogP contribution < -0.4 is 0 Å². The first kappa shape index (κ1) is 13.0. The van der Waals surface area contributed by atoms with E-state index in [4.69, 9.17) is 5.26 Å². The Kier molecular flexibility index (Phi) is 4.06. The van der Waals surface area contributed by atoms with E-state index < -0.39 is 0 Å². The Labute approximate surface area is 114 Å². The summed E-state index contributed by atoms with van der Waals surface area (Å²) in [6, 6.07) is 9.33. The third-order valence-corrected chi connectivity index (χ3v) is 3.29. The van der Waals surface area contributed by atoms with E-state index in [0.717, 1.165) is 5.56 Å². The van der Waals surface area contributed by atoms with Gasteiger partial charge in [-0.1, -0.05) is 18.2 Å². The molecule has 0 radical (unpaired) electrons. The van der Waals surface area contributed by atoms with Crippen molar-refractivity contribution in [1.29, 1.82) is 5.26 Å². The van der Waals surface area contributed by atoms with Gasteiger partial charge in [-0.15, -0.1) is 11.3 Å². The molecule has 0 saturated carbocycles. The summed E-state index contributed by atoms with van der Waals surface area (Å²) in [6.45, 7) is 0. The van der Waals surface area contributed by atoms with Crippen LogP contribution in [0, 0.1) is 11.3 Å². The number of hydrogen-bond donors (Lipinski definition) is 0. The fourth-order valence-electron chi connectivity index (χ4n) is 1.44. The molecular weight excluding hydrogens is 260 g/mol. The van der Waals surface area contributed by atoms with Crippen molar-refractivity contribution in [3.05, 3.63) is 51.5 Å². The fraction of sp³-hybridized carbons (Fsp3) is 0.0714. The first-order valence-electron chi connectivity index (χ1n) is 5.45. The average Bonchev–Trinajstić information content (AvgIpc) is 2.93. The lowest BCUT2D eigenvalue weighted by Crippen LogP contribution is -1.96. The summed E-state index contributed by atoms with van der Waals surface area (Å²) in [6.07, 6.45) is 5.14. The number of nitrogens with zero attached hydrogens (tertiary/aromatic N) is 2. The van der Waals surface area contributed by atoms with Gasteiger partial charge >= 0.3 is 5.97 Å². The van der Waals surface area contributed by atoms with Crippen molar-refractivity contribution in [2.24, 2.45) is 0 Å². The molecule has 0 saturated heterocycles. The van der Waals surface area contributed by atoms with E-state index >= 15 is 0 Å². The molecule has 0 aliphatic rings. The Hall–Kier alpha value is -2.45. The number of ether oxygens (including phenoxy) is 1. The van der Waals surface area contributed by atoms with Crippen molar-refractivity contribution < 1.29 is 9.53 Å². The summed E-state index contributed by atoms with van der Waals surface area (Å²) >= 11 is 1.26. The van der Waals surface area contributed by atoms with Crippen LogP contribution in [0.25, 0.3) is 12.2 Å². The quantitative estimate of drug-likeness (QED) is 0.804. The first-order chi connectivity index (χ1) is 9.22. The highest BCUT2D eigenvalue weighted by atomic mass is 32.1. The number of carbonyl (C=O) groups is 1. The van der Waals surface area contributed by atoms with Gasteiger partial charge in [0.15, 0.2) is 0 Å².